The van der Waals surface area contributed by atoms with Gasteiger partial charge >= 0.3 is 0 Å². The maximum atomic E-state index is 4.97. The third-order valence-corrected chi connectivity index (χ3v) is 3.05. The van der Waals surface area contributed by atoms with Gasteiger partial charge in [0.05, 0.1) is 13.2 Å². The van der Waals surface area contributed by atoms with Crippen molar-refractivity contribution in [2.45, 2.75) is 25.9 Å². The Morgan fingerprint density at radius 1 is 1.25 bits per heavy atom. The number of hydrogen-bond donors (Lipinski definition) is 1. The Balaban J connectivity index is 1.67. The first-order valence-electron chi connectivity index (χ1n) is 7.00. The average molecular weight is 274 g/mol. The van der Waals surface area contributed by atoms with Gasteiger partial charge in [0.1, 0.15) is 6.33 Å². The van der Waals surface area contributed by atoms with Crippen LogP contribution in [-0.4, -0.2) is 35.0 Å². The Hall–Kier alpha value is -1.72. The Kier molecular flexibility index (Phi) is 6.20. The molecule has 0 atom stereocenters. The Labute approximate surface area is 120 Å². The van der Waals surface area contributed by atoms with Gasteiger partial charge in [-0.1, -0.05) is 30.3 Å². The van der Waals surface area contributed by atoms with Crippen LogP contribution in [0, 0.1) is 0 Å². The molecule has 1 aromatic carbocycles. The second kappa shape index (κ2) is 8.45. The molecule has 1 aromatic heterocycles. The van der Waals surface area contributed by atoms with Crippen LogP contribution in [-0.2, 0) is 24.2 Å². The molecule has 108 valence electrons. The van der Waals surface area contributed by atoms with Gasteiger partial charge in [-0.2, -0.15) is 5.10 Å². The molecular formula is C15H22N4O. The monoisotopic (exact) mass is 274 g/mol. The van der Waals surface area contributed by atoms with E-state index < -0.39 is 0 Å². The summed E-state index contributed by atoms with van der Waals surface area (Å²) in [6, 6.07) is 10.5. The minimum absolute atomic E-state index is 0.690. The third kappa shape index (κ3) is 5.11. The van der Waals surface area contributed by atoms with E-state index in [2.05, 4.69) is 39.7 Å². The van der Waals surface area contributed by atoms with Crippen molar-refractivity contribution in [3.8, 4) is 0 Å². The van der Waals surface area contributed by atoms with E-state index in [1.807, 2.05) is 10.7 Å². The smallest absolute Gasteiger partial charge is 0.164 e. The van der Waals surface area contributed by atoms with Gasteiger partial charge in [0.2, 0.25) is 0 Å². The molecule has 0 spiro atoms. The summed E-state index contributed by atoms with van der Waals surface area (Å²) in [6.45, 7) is 3.12. The van der Waals surface area contributed by atoms with Gasteiger partial charge in [-0.05, 0) is 18.4 Å². The van der Waals surface area contributed by atoms with E-state index in [0.29, 0.717) is 13.2 Å². The van der Waals surface area contributed by atoms with E-state index in [4.69, 9.17) is 4.74 Å². The van der Waals surface area contributed by atoms with Crippen LogP contribution in [0.4, 0.5) is 0 Å². The maximum Gasteiger partial charge on any atom is 0.164 e. The van der Waals surface area contributed by atoms with Crippen molar-refractivity contribution in [2.75, 3.05) is 20.3 Å². The molecule has 0 fully saturated rings. The summed E-state index contributed by atoms with van der Waals surface area (Å²) in [4.78, 5) is 4.29. The third-order valence-electron chi connectivity index (χ3n) is 3.05. The zero-order valence-electron chi connectivity index (χ0n) is 12.0. The highest BCUT2D eigenvalue weighted by atomic mass is 16.5. The van der Waals surface area contributed by atoms with Gasteiger partial charge < -0.3 is 10.1 Å². The van der Waals surface area contributed by atoms with E-state index in [0.717, 1.165) is 31.8 Å². The molecule has 0 aliphatic carbocycles. The molecule has 5 heteroatoms. The average Bonchev–Trinajstić information content (AvgIpc) is 2.93. The molecule has 0 aliphatic heterocycles. The molecule has 0 amide bonds. The van der Waals surface area contributed by atoms with Crippen molar-refractivity contribution < 1.29 is 4.74 Å². The Morgan fingerprint density at radius 3 is 2.90 bits per heavy atom. The van der Waals surface area contributed by atoms with E-state index in [9.17, 15) is 0 Å². The molecule has 0 aliphatic rings. The highest BCUT2D eigenvalue weighted by Crippen LogP contribution is 2.03. The van der Waals surface area contributed by atoms with Crippen LogP contribution in [0.3, 0.4) is 0 Å². The predicted molar refractivity (Wildman–Crippen MR) is 78.4 cm³/mol. The second-order valence-corrected chi connectivity index (χ2v) is 4.68. The lowest BCUT2D eigenvalue weighted by molar-refractivity contribution is 0.199. The fourth-order valence-electron chi connectivity index (χ4n) is 1.99. The van der Waals surface area contributed by atoms with Gasteiger partial charge in [-0.25, -0.2) is 4.98 Å². The SMILES string of the molecule is COCCNCc1ncn(CCCc2ccccc2)n1. The van der Waals surface area contributed by atoms with Gasteiger partial charge in [-0.15, -0.1) is 0 Å². The zero-order valence-corrected chi connectivity index (χ0v) is 12.0. The van der Waals surface area contributed by atoms with Gasteiger partial charge in [0.15, 0.2) is 5.82 Å². The highest BCUT2D eigenvalue weighted by molar-refractivity contribution is 5.14. The van der Waals surface area contributed by atoms with Crippen LogP contribution >= 0.6 is 0 Å². The van der Waals surface area contributed by atoms with Crippen molar-refractivity contribution in [1.82, 2.24) is 20.1 Å². The number of hydrogen-bond acceptors (Lipinski definition) is 4. The quantitative estimate of drug-likeness (QED) is 0.706. The van der Waals surface area contributed by atoms with Crippen molar-refractivity contribution in [1.29, 1.82) is 0 Å². The van der Waals surface area contributed by atoms with Crippen LogP contribution in [0.15, 0.2) is 36.7 Å². The van der Waals surface area contributed by atoms with E-state index >= 15 is 0 Å². The van der Waals surface area contributed by atoms with Gasteiger partial charge in [0.25, 0.3) is 0 Å². The van der Waals surface area contributed by atoms with Gasteiger partial charge in [-0.3, -0.25) is 4.68 Å². The number of nitrogens with zero attached hydrogens (tertiary/aromatic N) is 3. The molecule has 0 unspecified atom stereocenters. The summed E-state index contributed by atoms with van der Waals surface area (Å²) in [5.74, 6) is 0.834. The fraction of sp³-hybridized carbons (Fsp3) is 0.467. The van der Waals surface area contributed by atoms with Crippen LogP contribution in [0.5, 0.6) is 0 Å². The first kappa shape index (κ1) is 14.7. The normalized spacial score (nSPS) is 10.8. The standard InChI is InChI=1S/C15H22N4O/c1-20-11-9-16-12-15-17-13-19(18-15)10-5-8-14-6-3-2-4-7-14/h2-4,6-7,13,16H,5,8-12H2,1H3. The Morgan fingerprint density at radius 2 is 2.10 bits per heavy atom. The molecule has 0 bridgehead atoms. The van der Waals surface area contributed by atoms with E-state index in [-0.39, 0.29) is 0 Å². The molecule has 2 aromatic rings. The largest absolute Gasteiger partial charge is 0.383 e. The molecule has 1 N–H and O–H groups in total. The summed E-state index contributed by atoms with van der Waals surface area (Å²) in [5, 5.41) is 7.68. The first-order chi connectivity index (χ1) is 9.88. The van der Waals surface area contributed by atoms with Gasteiger partial charge in [0, 0.05) is 20.2 Å². The molecule has 0 radical (unpaired) electrons. The predicted octanol–water partition coefficient (Wildman–Crippen LogP) is 1.65. The van der Waals surface area contributed by atoms with Crippen molar-refractivity contribution in [3.63, 3.8) is 0 Å². The summed E-state index contributed by atoms with van der Waals surface area (Å²) in [6.07, 6.45) is 3.95. The number of benzene rings is 1. The Bertz CT molecular complexity index is 484. The lowest BCUT2D eigenvalue weighted by Crippen LogP contribution is -2.19. The minimum atomic E-state index is 0.690. The highest BCUT2D eigenvalue weighted by Gasteiger charge is 2.00. The second-order valence-electron chi connectivity index (χ2n) is 4.68. The van der Waals surface area contributed by atoms with Crippen molar-refractivity contribution in [2.24, 2.45) is 0 Å². The molecule has 0 saturated carbocycles. The number of ether oxygens (including phenoxy) is 1. The topological polar surface area (TPSA) is 52.0 Å². The summed E-state index contributed by atoms with van der Waals surface area (Å²) in [5.41, 5.74) is 1.37. The molecule has 5 nitrogen and oxygen atoms in total. The molecular weight excluding hydrogens is 252 g/mol. The fourth-order valence-corrected chi connectivity index (χ4v) is 1.99. The number of aryl methyl sites for hydroxylation is 2. The van der Waals surface area contributed by atoms with Crippen LogP contribution in [0.1, 0.15) is 17.8 Å². The maximum absolute atomic E-state index is 4.97. The van der Waals surface area contributed by atoms with E-state index in [1.165, 1.54) is 5.56 Å². The first-order valence-corrected chi connectivity index (χ1v) is 7.00. The van der Waals surface area contributed by atoms with Crippen LogP contribution in [0.25, 0.3) is 0 Å². The lowest BCUT2D eigenvalue weighted by Gasteiger charge is -2.02. The lowest BCUT2D eigenvalue weighted by atomic mass is 10.1. The van der Waals surface area contributed by atoms with Crippen molar-refractivity contribution in [3.05, 3.63) is 48.0 Å². The summed E-state index contributed by atoms with van der Waals surface area (Å²) in [7, 11) is 1.70. The molecule has 20 heavy (non-hydrogen) atoms. The van der Waals surface area contributed by atoms with Crippen LogP contribution in [0.2, 0.25) is 0 Å². The minimum Gasteiger partial charge on any atom is -0.383 e. The number of nitrogens with one attached hydrogen (secondary N) is 1. The molecule has 0 saturated heterocycles. The molecule has 2 rings (SSSR count). The molecule has 1 heterocycles. The number of methoxy groups -OCH3 is 1. The van der Waals surface area contributed by atoms with E-state index in [1.54, 1.807) is 13.4 Å². The number of aromatic nitrogens is 3. The van der Waals surface area contributed by atoms with Crippen LogP contribution < -0.4 is 5.32 Å². The summed E-state index contributed by atoms with van der Waals surface area (Å²) >= 11 is 0. The number of rotatable bonds is 9. The van der Waals surface area contributed by atoms with Crippen molar-refractivity contribution >= 4 is 0 Å². The zero-order chi connectivity index (χ0) is 14.0. The summed E-state index contributed by atoms with van der Waals surface area (Å²) < 4.78 is 6.88.